The van der Waals surface area contributed by atoms with E-state index in [9.17, 15) is 9.59 Å². The second-order valence-corrected chi connectivity index (χ2v) is 9.71. The fraction of sp³-hybridized carbons (Fsp3) is 0.370. The third kappa shape index (κ3) is 5.88. The van der Waals surface area contributed by atoms with Crippen LogP contribution in [0.4, 0.5) is 11.4 Å². The van der Waals surface area contributed by atoms with Crippen LogP contribution in [0.25, 0.3) is 0 Å². The van der Waals surface area contributed by atoms with Crippen molar-refractivity contribution in [1.29, 1.82) is 0 Å². The number of anilines is 2. The van der Waals surface area contributed by atoms with Crippen LogP contribution >= 0.6 is 11.8 Å². The number of ether oxygens (including phenoxy) is 1. The van der Waals surface area contributed by atoms with E-state index in [0.29, 0.717) is 17.7 Å². The molecule has 1 unspecified atom stereocenters. The smallest absolute Gasteiger partial charge is 0.255 e. The first-order chi connectivity index (χ1) is 17.0. The van der Waals surface area contributed by atoms with Crippen LogP contribution in [0, 0.1) is 0 Å². The number of unbranched alkanes of at least 4 members (excludes halogenated alkanes) is 1. The first-order valence-electron chi connectivity index (χ1n) is 12.0. The summed E-state index contributed by atoms with van der Waals surface area (Å²) in [6.07, 6.45) is 3.40. The summed E-state index contributed by atoms with van der Waals surface area (Å²) in [7, 11) is 1.61. The molecule has 4 rings (SSSR count). The first kappa shape index (κ1) is 24.9. The van der Waals surface area contributed by atoms with Crippen molar-refractivity contribution in [2.45, 2.75) is 45.6 Å². The van der Waals surface area contributed by atoms with E-state index in [4.69, 9.17) is 9.73 Å². The minimum absolute atomic E-state index is 0.0226. The molecule has 2 N–H and O–H groups in total. The van der Waals surface area contributed by atoms with Crippen molar-refractivity contribution >= 4 is 40.1 Å². The molecular formula is C27H32N4O3S. The molecule has 1 fully saturated rings. The zero-order chi connectivity index (χ0) is 24.8. The minimum atomic E-state index is -0.251. The Morgan fingerprint density at radius 1 is 1.09 bits per heavy atom. The van der Waals surface area contributed by atoms with Gasteiger partial charge in [-0.1, -0.05) is 37.2 Å². The first-order valence-corrected chi connectivity index (χ1v) is 13.0. The van der Waals surface area contributed by atoms with Gasteiger partial charge < -0.3 is 20.3 Å². The number of aliphatic imine (C=N–C) groups is 1. The van der Waals surface area contributed by atoms with Gasteiger partial charge in [0.05, 0.1) is 24.4 Å². The van der Waals surface area contributed by atoms with E-state index in [1.807, 2.05) is 55.5 Å². The van der Waals surface area contributed by atoms with Crippen molar-refractivity contribution in [3.63, 3.8) is 0 Å². The highest BCUT2D eigenvalue weighted by atomic mass is 32.2. The van der Waals surface area contributed by atoms with Gasteiger partial charge in [-0.25, -0.2) is 4.99 Å². The van der Waals surface area contributed by atoms with Gasteiger partial charge in [-0.2, -0.15) is 0 Å². The van der Waals surface area contributed by atoms with Gasteiger partial charge in [0, 0.05) is 30.1 Å². The second kappa shape index (κ2) is 11.4. The summed E-state index contributed by atoms with van der Waals surface area (Å²) < 4.78 is 5.22. The topological polar surface area (TPSA) is 83.0 Å². The Balaban J connectivity index is 1.61. The van der Waals surface area contributed by atoms with Crippen molar-refractivity contribution in [1.82, 2.24) is 4.90 Å². The Labute approximate surface area is 211 Å². The molecule has 2 aliphatic rings. The number of amides is 2. The van der Waals surface area contributed by atoms with Gasteiger partial charge in [0.1, 0.15) is 5.75 Å². The van der Waals surface area contributed by atoms with Gasteiger partial charge in [-0.05, 0) is 61.7 Å². The molecule has 184 valence electrons. The molecule has 7 nitrogen and oxygen atoms in total. The lowest BCUT2D eigenvalue weighted by molar-refractivity contribution is -0.116. The quantitative estimate of drug-likeness (QED) is 0.502. The molecule has 0 aliphatic carbocycles. The van der Waals surface area contributed by atoms with Crippen molar-refractivity contribution in [2.75, 3.05) is 30.0 Å². The lowest BCUT2D eigenvalue weighted by Gasteiger charge is -2.41. The number of fused-ring (bicyclic) bond motifs is 1. The molecule has 0 spiro atoms. The molecule has 2 aromatic rings. The predicted octanol–water partition coefficient (Wildman–Crippen LogP) is 5.59. The van der Waals surface area contributed by atoms with Crippen LogP contribution in [-0.2, 0) is 9.59 Å². The second-order valence-electron chi connectivity index (χ2n) is 8.65. The molecule has 2 heterocycles. The zero-order valence-corrected chi connectivity index (χ0v) is 21.3. The number of rotatable bonds is 8. The van der Waals surface area contributed by atoms with E-state index >= 15 is 0 Å². The minimum Gasteiger partial charge on any atom is -0.497 e. The average molecular weight is 493 g/mol. The largest absolute Gasteiger partial charge is 0.497 e. The van der Waals surface area contributed by atoms with E-state index in [1.54, 1.807) is 18.9 Å². The number of carbonyl (C=O) groups is 2. The number of hydrogen-bond donors (Lipinski definition) is 2. The van der Waals surface area contributed by atoms with Crippen LogP contribution in [0.2, 0.25) is 0 Å². The predicted molar refractivity (Wildman–Crippen MR) is 143 cm³/mol. The average Bonchev–Trinajstić information content (AvgIpc) is 2.87. The van der Waals surface area contributed by atoms with Gasteiger partial charge in [-0.15, -0.1) is 0 Å². The molecule has 0 aromatic heterocycles. The van der Waals surface area contributed by atoms with Crippen LogP contribution in [0.5, 0.6) is 5.75 Å². The highest BCUT2D eigenvalue weighted by Crippen LogP contribution is 2.40. The number of benzene rings is 2. The number of nitrogens with zero attached hydrogens (tertiary/aromatic N) is 2. The monoisotopic (exact) mass is 492 g/mol. The van der Waals surface area contributed by atoms with E-state index in [1.165, 1.54) is 0 Å². The van der Waals surface area contributed by atoms with E-state index in [0.717, 1.165) is 59.4 Å². The Morgan fingerprint density at radius 3 is 2.46 bits per heavy atom. The van der Waals surface area contributed by atoms with Gasteiger partial charge in [0.2, 0.25) is 5.91 Å². The molecule has 35 heavy (non-hydrogen) atoms. The lowest BCUT2D eigenvalue weighted by Crippen LogP contribution is -2.43. The van der Waals surface area contributed by atoms with E-state index < -0.39 is 0 Å². The third-order valence-electron chi connectivity index (χ3n) is 6.12. The molecule has 8 heteroatoms. The highest BCUT2D eigenvalue weighted by molar-refractivity contribution is 8.13. The summed E-state index contributed by atoms with van der Waals surface area (Å²) in [5.41, 5.74) is 3.80. The summed E-state index contributed by atoms with van der Waals surface area (Å²) in [4.78, 5) is 32.7. The standard InChI is InChI=1S/C27H32N4O3S/c1-4-5-7-23(32)29-20-10-8-19(9-11-20)25-24(18(2)28-27-31(25)16-6-17-35-27)26(33)30-21-12-14-22(34-3)15-13-21/h8-15,25H,4-7,16-17H2,1-3H3,(H,29,32)(H,30,33). The molecule has 0 bridgehead atoms. The highest BCUT2D eigenvalue weighted by Gasteiger charge is 2.37. The van der Waals surface area contributed by atoms with Gasteiger partial charge in [-0.3, -0.25) is 9.59 Å². The number of thioether (sulfide) groups is 1. The molecule has 2 aromatic carbocycles. The lowest BCUT2D eigenvalue weighted by atomic mass is 9.93. The summed E-state index contributed by atoms with van der Waals surface area (Å²) in [6, 6.07) is 14.9. The van der Waals surface area contributed by atoms with Crippen LogP contribution in [0.3, 0.4) is 0 Å². The SMILES string of the molecule is CCCCC(=O)Nc1ccc(C2C(C(=O)Nc3ccc(OC)cc3)=C(C)N=C3SCCCN32)cc1. The van der Waals surface area contributed by atoms with E-state index in [-0.39, 0.29) is 17.9 Å². The molecular weight excluding hydrogens is 460 g/mol. The number of carbonyl (C=O) groups excluding carboxylic acids is 2. The van der Waals surface area contributed by atoms with Crippen molar-refractivity contribution in [3.8, 4) is 5.75 Å². The molecule has 1 saturated heterocycles. The number of methoxy groups -OCH3 is 1. The van der Waals surface area contributed by atoms with Crippen molar-refractivity contribution in [3.05, 3.63) is 65.4 Å². The van der Waals surface area contributed by atoms with Crippen LogP contribution < -0.4 is 15.4 Å². The normalized spacial score (nSPS) is 17.4. The molecule has 2 aliphatic heterocycles. The molecule has 0 saturated carbocycles. The third-order valence-corrected chi connectivity index (χ3v) is 7.20. The Morgan fingerprint density at radius 2 is 1.77 bits per heavy atom. The summed E-state index contributed by atoms with van der Waals surface area (Å²) in [6.45, 7) is 4.80. The fourth-order valence-electron chi connectivity index (χ4n) is 4.29. The summed E-state index contributed by atoms with van der Waals surface area (Å²) >= 11 is 1.73. The molecule has 0 radical (unpaired) electrons. The molecule has 2 amide bonds. The number of amidine groups is 1. The Bertz CT molecular complexity index is 1130. The number of nitrogens with one attached hydrogen (secondary N) is 2. The van der Waals surface area contributed by atoms with Crippen LogP contribution in [0.15, 0.2) is 64.8 Å². The van der Waals surface area contributed by atoms with Crippen molar-refractivity contribution < 1.29 is 14.3 Å². The van der Waals surface area contributed by atoms with Gasteiger partial charge >= 0.3 is 0 Å². The summed E-state index contributed by atoms with van der Waals surface area (Å²) in [5.74, 6) is 1.60. The zero-order valence-electron chi connectivity index (χ0n) is 20.5. The van der Waals surface area contributed by atoms with Crippen molar-refractivity contribution in [2.24, 2.45) is 4.99 Å². The maximum atomic E-state index is 13.5. The summed E-state index contributed by atoms with van der Waals surface area (Å²) in [5, 5.41) is 6.95. The molecule has 1 atom stereocenters. The van der Waals surface area contributed by atoms with E-state index in [2.05, 4.69) is 22.5 Å². The maximum absolute atomic E-state index is 13.5. The van der Waals surface area contributed by atoms with Crippen LogP contribution in [0.1, 0.15) is 51.1 Å². The Kier molecular flexibility index (Phi) is 8.13. The fourth-order valence-corrected chi connectivity index (χ4v) is 5.31. The number of hydrogen-bond acceptors (Lipinski definition) is 6. The number of allylic oxidation sites excluding steroid dienone is 1. The van der Waals surface area contributed by atoms with Gasteiger partial charge in [0.15, 0.2) is 5.17 Å². The maximum Gasteiger partial charge on any atom is 0.255 e. The Hall–Kier alpha value is -3.26. The van der Waals surface area contributed by atoms with Crippen LogP contribution in [-0.4, -0.2) is 41.3 Å². The van der Waals surface area contributed by atoms with Gasteiger partial charge in [0.25, 0.3) is 5.91 Å².